The molecule has 5 nitrogen and oxygen atoms in total. The lowest BCUT2D eigenvalue weighted by Gasteiger charge is -2.04. The Bertz CT molecular complexity index is 457. The molecule has 0 fully saturated rings. The van der Waals surface area contributed by atoms with Gasteiger partial charge in [0.2, 0.25) is 10.0 Å². The van der Waals surface area contributed by atoms with Crippen molar-refractivity contribution in [1.82, 2.24) is 15.0 Å². The second-order valence-electron chi connectivity index (χ2n) is 4.24. The van der Waals surface area contributed by atoms with E-state index in [4.69, 9.17) is 0 Å². The molecule has 0 amide bonds. The van der Waals surface area contributed by atoms with Crippen LogP contribution in [0.4, 0.5) is 0 Å². The minimum atomic E-state index is -3.37. The number of rotatable bonds is 10. The lowest BCUT2D eigenvalue weighted by atomic mass is 10.3. The summed E-state index contributed by atoms with van der Waals surface area (Å²) in [4.78, 5) is 3.28. The van der Waals surface area contributed by atoms with Crippen LogP contribution in [0.25, 0.3) is 0 Å². The predicted octanol–water partition coefficient (Wildman–Crippen LogP) is 1.55. The van der Waals surface area contributed by atoms with Crippen LogP contribution in [-0.2, 0) is 16.6 Å². The largest absolute Gasteiger partial charge is 0.363 e. The molecule has 1 heterocycles. The maximum Gasteiger partial charge on any atom is 0.242 e. The second-order valence-corrected chi connectivity index (χ2v) is 6.99. The van der Waals surface area contributed by atoms with Gasteiger partial charge in [-0.3, -0.25) is 0 Å². The molecule has 0 saturated carbocycles. The summed E-state index contributed by atoms with van der Waals surface area (Å²) < 4.78 is 26.6. The van der Waals surface area contributed by atoms with Crippen LogP contribution in [0, 0.1) is 0 Å². The predicted molar refractivity (Wildman–Crippen MR) is 81.0 cm³/mol. The standard InChI is InChI=1S/C12H23N3O2S2/c1-3-13-9-11-8-12(10-14-11)19(16,17)15-6-4-5-7-18-2/h8,10,13-15H,3-7,9H2,1-2H3. The number of hydrogen-bond acceptors (Lipinski definition) is 4. The fourth-order valence-electron chi connectivity index (χ4n) is 1.60. The molecule has 0 bridgehead atoms. The van der Waals surface area contributed by atoms with Crippen LogP contribution in [-0.4, -0.2) is 38.5 Å². The van der Waals surface area contributed by atoms with Gasteiger partial charge in [0, 0.05) is 25.0 Å². The zero-order valence-electron chi connectivity index (χ0n) is 11.5. The summed E-state index contributed by atoms with van der Waals surface area (Å²) in [7, 11) is -3.37. The summed E-state index contributed by atoms with van der Waals surface area (Å²) in [6.45, 7) is 4.02. The SMILES string of the molecule is CCNCc1cc(S(=O)(=O)NCCCCSC)c[nH]1. The van der Waals surface area contributed by atoms with Crippen LogP contribution in [0.1, 0.15) is 25.5 Å². The molecule has 1 rings (SSSR count). The molecule has 7 heteroatoms. The molecule has 110 valence electrons. The van der Waals surface area contributed by atoms with Gasteiger partial charge in [0.25, 0.3) is 0 Å². The maximum absolute atomic E-state index is 12.0. The first-order chi connectivity index (χ1) is 9.10. The van der Waals surface area contributed by atoms with E-state index in [1.54, 1.807) is 17.8 Å². The smallest absolute Gasteiger partial charge is 0.242 e. The van der Waals surface area contributed by atoms with E-state index in [0.29, 0.717) is 18.0 Å². The number of aromatic amines is 1. The number of aromatic nitrogens is 1. The zero-order chi connectivity index (χ0) is 14.1. The van der Waals surface area contributed by atoms with Crippen molar-refractivity contribution in [2.24, 2.45) is 0 Å². The fourth-order valence-corrected chi connectivity index (χ4v) is 3.18. The Labute approximate surface area is 120 Å². The Morgan fingerprint density at radius 1 is 1.37 bits per heavy atom. The molecule has 3 N–H and O–H groups in total. The van der Waals surface area contributed by atoms with Gasteiger partial charge in [0.15, 0.2) is 0 Å². The van der Waals surface area contributed by atoms with E-state index < -0.39 is 10.0 Å². The first-order valence-electron chi connectivity index (χ1n) is 6.46. The summed E-state index contributed by atoms with van der Waals surface area (Å²) in [5, 5.41) is 3.15. The minimum Gasteiger partial charge on any atom is -0.363 e. The quantitative estimate of drug-likeness (QED) is 0.573. The molecule has 1 aromatic rings. The van der Waals surface area contributed by atoms with Crippen molar-refractivity contribution in [1.29, 1.82) is 0 Å². The van der Waals surface area contributed by atoms with Gasteiger partial charge in [-0.25, -0.2) is 13.1 Å². The molecule has 0 spiro atoms. The minimum absolute atomic E-state index is 0.310. The van der Waals surface area contributed by atoms with Gasteiger partial charge in [-0.1, -0.05) is 6.92 Å². The van der Waals surface area contributed by atoms with Crippen molar-refractivity contribution in [3.8, 4) is 0 Å². The summed E-state index contributed by atoms with van der Waals surface area (Å²) in [6, 6.07) is 1.67. The molecule has 0 aliphatic carbocycles. The lowest BCUT2D eigenvalue weighted by molar-refractivity contribution is 0.578. The Kier molecular flexibility index (Phi) is 7.52. The van der Waals surface area contributed by atoms with Crippen LogP contribution in [0.2, 0.25) is 0 Å². The number of nitrogens with one attached hydrogen (secondary N) is 3. The fraction of sp³-hybridized carbons (Fsp3) is 0.667. The van der Waals surface area contributed by atoms with Gasteiger partial charge in [-0.15, -0.1) is 0 Å². The first-order valence-corrected chi connectivity index (χ1v) is 9.34. The Morgan fingerprint density at radius 2 is 2.16 bits per heavy atom. The van der Waals surface area contributed by atoms with E-state index >= 15 is 0 Å². The Hall–Kier alpha value is -0.500. The van der Waals surface area contributed by atoms with E-state index in [2.05, 4.69) is 21.3 Å². The average Bonchev–Trinajstić information content (AvgIpc) is 2.85. The average molecular weight is 305 g/mol. The molecule has 0 aromatic carbocycles. The van der Waals surface area contributed by atoms with E-state index in [1.165, 1.54) is 6.20 Å². The van der Waals surface area contributed by atoms with Crippen LogP contribution >= 0.6 is 11.8 Å². The third-order valence-corrected chi connectivity index (χ3v) is 4.80. The Balaban J connectivity index is 2.45. The number of sulfonamides is 1. The van der Waals surface area contributed by atoms with Crippen LogP contribution < -0.4 is 10.0 Å². The normalized spacial score (nSPS) is 11.9. The number of unbranched alkanes of at least 4 members (excludes halogenated alkanes) is 1. The van der Waals surface area contributed by atoms with E-state index in [1.807, 2.05) is 6.92 Å². The summed E-state index contributed by atoms with van der Waals surface area (Å²) in [6.07, 6.45) is 5.49. The van der Waals surface area contributed by atoms with E-state index in [9.17, 15) is 8.42 Å². The topological polar surface area (TPSA) is 74.0 Å². The summed E-state index contributed by atoms with van der Waals surface area (Å²) in [5.41, 5.74) is 0.879. The lowest BCUT2D eigenvalue weighted by Crippen LogP contribution is -2.24. The maximum atomic E-state index is 12.0. The number of thioether (sulfide) groups is 1. The highest BCUT2D eigenvalue weighted by atomic mass is 32.2. The van der Waals surface area contributed by atoms with E-state index in [-0.39, 0.29) is 0 Å². The van der Waals surface area contributed by atoms with E-state index in [0.717, 1.165) is 30.8 Å². The van der Waals surface area contributed by atoms with Gasteiger partial charge in [0.1, 0.15) is 0 Å². The highest BCUT2D eigenvalue weighted by molar-refractivity contribution is 7.98. The van der Waals surface area contributed by atoms with Crippen molar-refractivity contribution >= 4 is 21.8 Å². The molecule has 1 aromatic heterocycles. The molecular weight excluding hydrogens is 282 g/mol. The molecule has 0 aliphatic heterocycles. The van der Waals surface area contributed by atoms with Gasteiger partial charge in [-0.2, -0.15) is 11.8 Å². The van der Waals surface area contributed by atoms with Gasteiger partial charge >= 0.3 is 0 Å². The van der Waals surface area contributed by atoms with Crippen molar-refractivity contribution in [2.45, 2.75) is 31.2 Å². The molecule has 0 saturated heterocycles. The zero-order valence-corrected chi connectivity index (χ0v) is 13.2. The van der Waals surface area contributed by atoms with Crippen molar-refractivity contribution in [3.05, 3.63) is 18.0 Å². The highest BCUT2D eigenvalue weighted by Crippen LogP contribution is 2.10. The van der Waals surface area contributed by atoms with Gasteiger partial charge < -0.3 is 10.3 Å². The molecule has 0 atom stereocenters. The van der Waals surface area contributed by atoms with Crippen molar-refractivity contribution < 1.29 is 8.42 Å². The number of hydrogen-bond donors (Lipinski definition) is 3. The van der Waals surface area contributed by atoms with Crippen LogP contribution in [0.5, 0.6) is 0 Å². The monoisotopic (exact) mass is 305 g/mol. The molecule has 0 unspecified atom stereocenters. The van der Waals surface area contributed by atoms with Crippen LogP contribution in [0.15, 0.2) is 17.2 Å². The first kappa shape index (κ1) is 16.6. The highest BCUT2D eigenvalue weighted by Gasteiger charge is 2.14. The molecular formula is C12H23N3O2S2. The van der Waals surface area contributed by atoms with Crippen LogP contribution in [0.3, 0.4) is 0 Å². The van der Waals surface area contributed by atoms with Gasteiger partial charge in [-0.05, 0) is 37.5 Å². The third-order valence-electron chi connectivity index (χ3n) is 2.66. The third kappa shape index (κ3) is 5.99. The van der Waals surface area contributed by atoms with Crippen molar-refractivity contribution in [2.75, 3.05) is 25.1 Å². The summed E-state index contributed by atoms with van der Waals surface area (Å²) >= 11 is 1.78. The molecule has 0 aliphatic rings. The molecule has 19 heavy (non-hydrogen) atoms. The van der Waals surface area contributed by atoms with Crippen molar-refractivity contribution in [3.63, 3.8) is 0 Å². The Morgan fingerprint density at radius 3 is 2.84 bits per heavy atom. The summed E-state index contributed by atoms with van der Waals surface area (Å²) in [5.74, 6) is 1.07. The number of H-pyrrole nitrogens is 1. The second kappa shape index (κ2) is 8.63. The molecule has 0 radical (unpaired) electrons. The van der Waals surface area contributed by atoms with Gasteiger partial charge in [0.05, 0.1) is 4.90 Å².